The van der Waals surface area contributed by atoms with Crippen LogP contribution in [-0.4, -0.2) is 44.0 Å². The fourth-order valence-corrected chi connectivity index (χ4v) is 5.34. The van der Waals surface area contributed by atoms with Gasteiger partial charge in [-0.2, -0.15) is 10.5 Å². The van der Waals surface area contributed by atoms with E-state index in [1.165, 1.54) is 0 Å². The molecular formula is C32H31N3O4S. The van der Waals surface area contributed by atoms with Gasteiger partial charge in [0.2, 0.25) is 0 Å². The second kappa shape index (κ2) is 15.2. The molecule has 0 fully saturated rings. The van der Waals surface area contributed by atoms with Gasteiger partial charge in [0.05, 0.1) is 13.2 Å². The smallest absolute Gasteiger partial charge is 0.330 e. The van der Waals surface area contributed by atoms with Crippen molar-refractivity contribution < 1.29 is 19.1 Å². The molecule has 1 aliphatic heterocycles. The lowest BCUT2D eigenvalue weighted by Gasteiger charge is -2.26. The maximum atomic E-state index is 11.4. The van der Waals surface area contributed by atoms with Crippen LogP contribution in [0.25, 0.3) is 11.6 Å². The van der Waals surface area contributed by atoms with E-state index >= 15 is 0 Å². The van der Waals surface area contributed by atoms with Crippen molar-refractivity contribution in [1.82, 2.24) is 0 Å². The summed E-state index contributed by atoms with van der Waals surface area (Å²) in [6.07, 6.45) is 5.57. The number of ether oxygens (including phenoxy) is 2. The molecule has 0 radical (unpaired) electrons. The van der Waals surface area contributed by atoms with Gasteiger partial charge in [0.25, 0.3) is 0 Å². The first-order chi connectivity index (χ1) is 19.4. The molecule has 0 amide bonds. The van der Waals surface area contributed by atoms with Gasteiger partial charge in [-0.3, -0.25) is 0 Å². The number of carbonyl (C=O) groups is 2. The van der Waals surface area contributed by atoms with Gasteiger partial charge >= 0.3 is 11.9 Å². The Bertz CT molecular complexity index is 1380. The monoisotopic (exact) mass is 553 g/mol. The van der Waals surface area contributed by atoms with E-state index in [9.17, 15) is 20.1 Å². The van der Waals surface area contributed by atoms with Crippen LogP contribution in [0, 0.1) is 29.6 Å². The minimum Gasteiger partial charge on any atom is -0.462 e. The number of allylic oxidation sites excluding steroid dienone is 2. The maximum Gasteiger partial charge on any atom is 0.330 e. The third-order valence-corrected chi connectivity index (χ3v) is 7.37. The summed E-state index contributed by atoms with van der Waals surface area (Å²) in [5, 5.41) is 19.3. The third-order valence-electron chi connectivity index (χ3n) is 6.25. The van der Waals surface area contributed by atoms with Crippen molar-refractivity contribution in [2.75, 3.05) is 37.0 Å². The number of rotatable bonds is 12. The molecule has 2 aromatic carbocycles. The average molecular weight is 554 g/mol. The van der Waals surface area contributed by atoms with Crippen LogP contribution >= 0.6 is 11.8 Å². The van der Waals surface area contributed by atoms with E-state index in [1.54, 1.807) is 11.8 Å². The highest BCUT2D eigenvalue weighted by molar-refractivity contribution is 7.99. The lowest BCUT2D eigenvalue weighted by atomic mass is 9.92. The van der Waals surface area contributed by atoms with Crippen LogP contribution in [0.3, 0.4) is 0 Å². The number of nitrogens with zero attached hydrogens (tertiary/aromatic N) is 3. The largest absolute Gasteiger partial charge is 0.462 e. The summed E-state index contributed by atoms with van der Waals surface area (Å²) in [7, 11) is 0. The molecule has 7 nitrogen and oxygen atoms in total. The normalized spacial score (nSPS) is 12.9. The Morgan fingerprint density at radius 3 is 2.20 bits per heavy atom. The van der Waals surface area contributed by atoms with Crippen molar-refractivity contribution in [2.45, 2.75) is 24.7 Å². The van der Waals surface area contributed by atoms with E-state index in [1.807, 2.05) is 43.3 Å². The van der Waals surface area contributed by atoms with Crippen LogP contribution in [0.2, 0.25) is 0 Å². The summed E-state index contributed by atoms with van der Waals surface area (Å²) < 4.78 is 10.3. The highest BCUT2D eigenvalue weighted by atomic mass is 32.2. The number of benzene rings is 2. The van der Waals surface area contributed by atoms with E-state index in [0.717, 1.165) is 45.0 Å². The van der Waals surface area contributed by atoms with E-state index in [4.69, 9.17) is 9.47 Å². The lowest BCUT2D eigenvalue weighted by molar-refractivity contribution is -0.138. The Hall–Kier alpha value is -4.53. The molecule has 204 valence electrons. The molecular weight excluding hydrogens is 522 g/mol. The predicted octanol–water partition coefficient (Wildman–Crippen LogP) is 6.03. The van der Waals surface area contributed by atoms with Gasteiger partial charge in [-0.15, -0.1) is 11.8 Å². The summed E-state index contributed by atoms with van der Waals surface area (Å²) in [5.41, 5.74) is 5.64. The van der Waals surface area contributed by atoms with Gasteiger partial charge in [0.1, 0.15) is 17.7 Å². The summed E-state index contributed by atoms with van der Waals surface area (Å²) in [6.45, 7) is 10.7. The van der Waals surface area contributed by atoms with Crippen LogP contribution in [-0.2, 0) is 19.1 Å². The first kappa shape index (κ1) is 30.0. The Labute approximate surface area is 239 Å². The molecule has 0 bridgehead atoms. The topological polar surface area (TPSA) is 103 Å². The Morgan fingerprint density at radius 1 is 1.00 bits per heavy atom. The number of thioether (sulfide) groups is 1. The molecule has 2 aromatic rings. The fraction of sp³-hybridized carbons (Fsp3) is 0.250. The van der Waals surface area contributed by atoms with Gasteiger partial charge in [0, 0.05) is 47.2 Å². The first-order valence-corrected chi connectivity index (χ1v) is 13.8. The van der Waals surface area contributed by atoms with Crippen LogP contribution < -0.4 is 4.90 Å². The summed E-state index contributed by atoms with van der Waals surface area (Å²) in [5.74, 6) is -0.257. The summed E-state index contributed by atoms with van der Waals surface area (Å²) in [6, 6.07) is 18.1. The number of hydrogen-bond acceptors (Lipinski definition) is 8. The summed E-state index contributed by atoms with van der Waals surface area (Å²) >= 11 is 1.69. The number of hydrogen-bond donors (Lipinski definition) is 0. The molecule has 3 rings (SSSR count). The third kappa shape index (κ3) is 7.99. The second-order valence-electron chi connectivity index (χ2n) is 8.91. The number of aryl methyl sites for hydroxylation is 1. The quantitative estimate of drug-likeness (QED) is 0.136. The highest BCUT2D eigenvalue weighted by Crippen LogP contribution is 2.42. The van der Waals surface area contributed by atoms with Gasteiger partial charge in [-0.1, -0.05) is 37.4 Å². The Balaban J connectivity index is 1.86. The molecule has 0 aromatic heterocycles. The number of esters is 2. The summed E-state index contributed by atoms with van der Waals surface area (Å²) in [4.78, 5) is 26.0. The molecule has 1 aliphatic rings. The molecule has 0 aliphatic carbocycles. The van der Waals surface area contributed by atoms with Gasteiger partial charge in [0.15, 0.2) is 0 Å². The molecule has 0 atom stereocenters. The van der Waals surface area contributed by atoms with Crippen LogP contribution in [0.5, 0.6) is 0 Å². The van der Waals surface area contributed by atoms with Gasteiger partial charge < -0.3 is 14.4 Å². The van der Waals surface area contributed by atoms with Gasteiger partial charge in [-0.25, -0.2) is 9.59 Å². The molecule has 0 N–H and O–H groups in total. The first-order valence-electron chi connectivity index (χ1n) is 12.8. The van der Waals surface area contributed by atoms with E-state index in [0.29, 0.717) is 37.3 Å². The fourth-order valence-electron chi connectivity index (χ4n) is 4.30. The molecule has 40 heavy (non-hydrogen) atoms. The maximum absolute atomic E-state index is 11.4. The van der Waals surface area contributed by atoms with Gasteiger partial charge in [-0.05, 0) is 66.3 Å². The van der Waals surface area contributed by atoms with Crippen LogP contribution in [0.4, 0.5) is 5.69 Å². The molecule has 8 heteroatoms. The van der Waals surface area contributed by atoms with Crippen molar-refractivity contribution in [1.29, 1.82) is 10.5 Å². The van der Waals surface area contributed by atoms with Crippen molar-refractivity contribution in [3.05, 3.63) is 95.6 Å². The SMILES string of the molecule is C=CC(=O)OCCCN(CCCOC(=O)C=C)c1ccc(/C=C2\CSc3ccccc3C2=C(C#N)C#N)c(C)c1. The standard InChI is InChI=1S/C32H31N3O4S/c1-4-30(36)38-16-8-14-35(15-9-17-39-31(37)5-2)27-13-12-24(23(3)18-27)19-25-22-40-29-11-7-6-10-28(29)32(25)26(20-33)21-34/h4-7,10-13,18-19H,1-2,8-9,14-17,22H2,3H3/b25-19+. The zero-order valence-electron chi connectivity index (χ0n) is 22.5. The highest BCUT2D eigenvalue weighted by Gasteiger charge is 2.23. The molecule has 0 unspecified atom stereocenters. The van der Waals surface area contributed by atoms with Crippen molar-refractivity contribution >= 4 is 41.0 Å². The van der Waals surface area contributed by atoms with E-state index in [-0.39, 0.29) is 18.8 Å². The molecule has 0 saturated heterocycles. The zero-order chi connectivity index (χ0) is 28.9. The van der Waals surface area contributed by atoms with Crippen molar-refractivity contribution in [3.63, 3.8) is 0 Å². The zero-order valence-corrected chi connectivity index (χ0v) is 23.3. The minimum atomic E-state index is -0.455. The average Bonchev–Trinajstić information content (AvgIpc) is 2.98. The van der Waals surface area contributed by atoms with Crippen LogP contribution in [0.15, 0.2) is 83.8 Å². The van der Waals surface area contributed by atoms with E-state index < -0.39 is 11.9 Å². The number of carbonyl (C=O) groups excluding carboxylic acids is 2. The molecule has 0 spiro atoms. The van der Waals surface area contributed by atoms with Crippen LogP contribution in [0.1, 0.15) is 29.5 Å². The Morgan fingerprint density at radius 2 is 1.62 bits per heavy atom. The molecule has 1 heterocycles. The number of fused-ring (bicyclic) bond motifs is 1. The number of anilines is 1. The second-order valence-corrected chi connectivity index (χ2v) is 9.92. The minimum absolute atomic E-state index is 0.105. The van der Waals surface area contributed by atoms with Crippen molar-refractivity contribution in [3.8, 4) is 12.1 Å². The lowest BCUT2D eigenvalue weighted by Crippen LogP contribution is -2.28. The van der Waals surface area contributed by atoms with Crippen molar-refractivity contribution in [2.24, 2.45) is 0 Å². The number of nitriles is 2. The Kier molecular flexibility index (Phi) is 11.4. The predicted molar refractivity (Wildman–Crippen MR) is 158 cm³/mol. The molecule has 0 saturated carbocycles. The van der Waals surface area contributed by atoms with E-state index in [2.05, 4.69) is 42.3 Å².